The van der Waals surface area contributed by atoms with E-state index in [1.807, 2.05) is 18.2 Å². The van der Waals surface area contributed by atoms with Crippen LogP contribution in [0.1, 0.15) is 11.1 Å². The summed E-state index contributed by atoms with van der Waals surface area (Å²) in [6.45, 7) is 6.43. The van der Waals surface area contributed by atoms with Crippen molar-refractivity contribution in [2.75, 3.05) is 43.4 Å². The summed E-state index contributed by atoms with van der Waals surface area (Å²) < 4.78 is 0. The fourth-order valence-corrected chi connectivity index (χ4v) is 4.88. The topological polar surface area (TPSA) is 35.6 Å². The van der Waals surface area contributed by atoms with Crippen LogP contribution in [-0.4, -0.2) is 49.3 Å². The van der Waals surface area contributed by atoms with Crippen LogP contribution >= 0.6 is 11.8 Å². The first kappa shape index (κ1) is 17.4. The Hall–Kier alpha value is -1.98. The lowest BCUT2D eigenvalue weighted by Gasteiger charge is -2.35. The number of hydrogen-bond acceptors (Lipinski definition) is 4. The minimum Gasteiger partial charge on any atom is -0.369 e. The van der Waals surface area contributed by atoms with Gasteiger partial charge < -0.3 is 15.1 Å². The molecule has 1 fully saturated rings. The van der Waals surface area contributed by atoms with Crippen LogP contribution in [0, 0.1) is 6.92 Å². The summed E-state index contributed by atoms with van der Waals surface area (Å²) in [6.07, 6.45) is 0.811. The predicted octanol–water partition coefficient (Wildman–Crippen LogP) is 3.40. The monoisotopic (exact) mass is 367 g/mol. The molecule has 1 atom stereocenters. The van der Waals surface area contributed by atoms with Gasteiger partial charge in [0.05, 0.1) is 5.25 Å². The Kier molecular flexibility index (Phi) is 4.92. The Balaban J connectivity index is 1.41. The smallest absolute Gasteiger partial charge is 0.238 e. The molecule has 0 aromatic heterocycles. The second-order valence-electron chi connectivity index (χ2n) is 7.20. The lowest BCUT2D eigenvalue weighted by Crippen LogP contribution is -2.44. The zero-order chi connectivity index (χ0) is 18.1. The van der Waals surface area contributed by atoms with Gasteiger partial charge in [-0.05, 0) is 55.8 Å². The normalized spacial score (nSPS) is 20.1. The Labute approximate surface area is 159 Å². The van der Waals surface area contributed by atoms with E-state index in [0.29, 0.717) is 0 Å². The van der Waals surface area contributed by atoms with Crippen molar-refractivity contribution in [3.63, 3.8) is 0 Å². The second-order valence-corrected chi connectivity index (χ2v) is 8.44. The zero-order valence-electron chi connectivity index (χ0n) is 15.4. The van der Waals surface area contributed by atoms with Gasteiger partial charge in [0.25, 0.3) is 0 Å². The molecular weight excluding hydrogens is 342 g/mol. The fraction of sp³-hybridized carbons (Fsp3) is 0.381. The van der Waals surface area contributed by atoms with E-state index in [0.717, 1.165) is 38.3 Å². The molecule has 136 valence electrons. The fourth-order valence-electron chi connectivity index (χ4n) is 3.69. The summed E-state index contributed by atoms with van der Waals surface area (Å²) in [7, 11) is 2.17. The van der Waals surface area contributed by atoms with Crippen molar-refractivity contribution in [1.29, 1.82) is 0 Å². The molecule has 2 aliphatic rings. The molecular formula is C21H25N3OS. The van der Waals surface area contributed by atoms with Crippen molar-refractivity contribution in [1.82, 2.24) is 4.90 Å². The molecule has 1 unspecified atom stereocenters. The number of rotatable bonds is 3. The van der Waals surface area contributed by atoms with Crippen LogP contribution in [0.3, 0.4) is 0 Å². The summed E-state index contributed by atoms with van der Waals surface area (Å²) in [5.74, 6) is 0.0953. The average Bonchev–Trinajstić information content (AvgIpc) is 3.07. The highest BCUT2D eigenvalue weighted by Gasteiger charge is 2.28. The van der Waals surface area contributed by atoms with Gasteiger partial charge in [-0.1, -0.05) is 18.2 Å². The highest BCUT2D eigenvalue weighted by Crippen LogP contribution is 2.37. The molecule has 0 aliphatic carbocycles. The van der Waals surface area contributed by atoms with Gasteiger partial charge in [-0.15, -0.1) is 11.8 Å². The van der Waals surface area contributed by atoms with Crippen LogP contribution in [0.2, 0.25) is 0 Å². The number of carbonyl (C=O) groups excluding carboxylic acids is 1. The molecule has 2 aliphatic heterocycles. The summed E-state index contributed by atoms with van der Waals surface area (Å²) in [5, 5.41) is 3.07. The predicted molar refractivity (Wildman–Crippen MR) is 109 cm³/mol. The van der Waals surface area contributed by atoms with Crippen molar-refractivity contribution in [3.05, 3.63) is 53.6 Å². The Morgan fingerprint density at radius 2 is 1.88 bits per heavy atom. The zero-order valence-corrected chi connectivity index (χ0v) is 16.2. The van der Waals surface area contributed by atoms with Crippen LogP contribution in [0.5, 0.6) is 0 Å². The molecule has 1 amide bonds. The first-order valence-corrected chi connectivity index (χ1v) is 10.1. The van der Waals surface area contributed by atoms with Gasteiger partial charge in [-0.25, -0.2) is 0 Å². The third-order valence-corrected chi connectivity index (χ3v) is 6.57. The molecule has 2 aromatic rings. The summed E-state index contributed by atoms with van der Waals surface area (Å²) in [5.41, 5.74) is 4.66. The molecule has 4 rings (SSSR count). The van der Waals surface area contributed by atoms with E-state index in [1.54, 1.807) is 11.8 Å². The summed E-state index contributed by atoms with van der Waals surface area (Å²) in [6, 6.07) is 14.6. The van der Waals surface area contributed by atoms with Crippen molar-refractivity contribution in [3.8, 4) is 0 Å². The SMILES string of the molecule is Cc1cc(NC(=O)C2Cc3ccccc3S2)ccc1N1CCN(C)CC1. The van der Waals surface area contributed by atoms with Crippen molar-refractivity contribution in [2.24, 2.45) is 0 Å². The van der Waals surface area contributed by atoms with Crippen LogP contribution < -0.4 is 10.2 Å². The van der Waals surface area contributed by atoms with Gasteiger partial charge in [-0.3, -0.25) is 4.79 Å². The largest absolute Gasteiger partial charge is 0.369 e. The maximum atomic E-state index is 12.7. The number of carbonyl (C=O) groups is 1. The van der Waals surface area contributed by atoms with Crippen molar-refractivity contribution < 1.29 is 4.79 Å². The van der Waals surface area contributed by atoms with Gasteiger partial charge in [-0.2, -0.15) is 0 Å². The van der Waals surface area contributed by atoms with Crippen molar-refractivity contribution in [2.45, 2.75) is 23.5 Å². The molecule has 0 radical (unpaired) electrons. The minimum absolute atomic E-state index is 0.0370. The van der Waals surface area contributed by atoms with E-state index in [4.69, 9.17) is 0 Å². The lowest BCUT2D eigenvalue weighted by molar-refractivity contribution is -0.115. The maximum absolute atomic E-state index is 12.7. The number of nitrogens with one attached hydrogen (secondary N) is 1. The summed E-state index contributed by atoms with van der Waals surface area (Å²) in [4.78, 5) is 18.7. The van der Waals surface area contributed by atoms with Crippen LogP contribution in [-0.2, 0) is 11.2 Å². The second kappa shape index (κ2) is 7.33. The van der Waals surface area contributed by atoms with Crippen LogP contribution in [0.4, 0.5) is 11.4 Å². The Morgan fingerprint density at radius 1 is 1.12 bits per heavy atom. The third kappa shape index (κ3) is 3.60. The highest BCUT2D eigenvalue weighted by atomic mass is 32.2. The number of nitrogens with zero attached hydrogens (tertiary/aromatic N) is 2. The number of amides is 1. The molecule has 0 saturated carbocycles. The molecule has 1 saturated heterocycles. The molecule has 5 heteroatoms. The van der Waals surface area contributed by atoms with Crippen LogP contribution in [0.15, 0.2) is 47.4 Å². The maximum Gasteiger partial charge on any atom is 0.238 e. The van der Waals surface area contributed by atoms with E-state index in [2.05, 4.69) is 53.4 Å². The van der Waals surface area contributed by atoms with E-state index in [-0.39, 0.29) is 11.2 Å². The molecule has 0 bridgehead atoms. The molecule has 4 nitrogen and oxygen atoms in total. The average molecular weight is 368 g/mol. The molecule has 2 aromatic carbocycles. The van der Waals surface area contributed by atoms with Gasteiger partial charge in [0.15, 0.2) is 0 Å². The van der Waals surface area contributed by atoms with Crippen molar-refractivity contribution >= 4 is 29.0 Å². The number of piperazine rings is 1. The molecule has 26 heavy (non-hydrogen) atoms. The first-order valence-electron chi connectivity index (χ1n) is 9.20. The Bertz CT molecular complexity index is 790. The van der Waals surface area contributed by atoms with E-state index in [9.17, 15) is 4.79 Å². The number of benzene rings is 2. The first-order chi connectivity index (χ1) is 12.6. The van der Waals surface area contributed by atoms with Gasteiger partial charge in [0.2, 0.25) is 5.91 Å². The summed E-state index contributed by atoms with van der Waals surface area (Å²) >= 11 is 1.67. The van der Waals surface area contributed by atoms with Gasteiger partial charge >= 0.3 is 0 Å². The number of hydrogen-bond donors (Lipinski definition) is 1. The molecule has 1 N–H and O–H groups in total. The molecule has 0 spiro atoms. The van der Waals surface area contributed by atoms with Gasteiger partial charge in [0.1, 0.15) is 0 Å². The van der Waals surface area contributed by atoms with E-state index < -0.39 is 0 Å². The van der Waals surface area contributed by atoms with Crippen LogP contribution in [0.25, 0.3) is 0 Å². The number of thioether (sulfide) groups is 1. The Morgan fingerprint density at radius 3 is 2.62 bits per heavy atom. The minimum atomic E-state index is -0.0370. The standard InChI is InChI=1S/C21H25N3OS/c1-15-13-17(7-8-18(15)24-11-9-23(2)10-12-24)22-21(25)20-14-16-5-3-4-6-19(16)26-20/h3-8,13,20H,9-12,14H2,1-2H3,(H,22,25). The quantitative estimate of drug-likeness (QED) is 0.902. The highest BCUT2D eigenvalue weighted by molar-refractivity contribution is 8.01. The number of aryl methyl sites for hydroxylation is 1. The third-order valence-electron chi connectivity index (χ3n) is 5.25. The lowest BCUT2D eigenvalue weighted by atomic mass is 10.1. The molecule has 2 heterocycles. The van der Waals surface area contributed by atoms with E-state index in [1.165, 1.54) is 21.7 Å². The number of anilines is 2. The number of likely N-dealkylation sites (N-methyl/N-ethyl adjacent to an activating group) is 1. The van der Waals surface area contributed by atoms with E-state index >= 15 is 0 Å². The van der Waals surface area contributed by atoms with Gasteiger partial charge in [0, 0.05) is 42.4 Å². The number of fused-ring (bicyclic) bond motifs is 1.